The normalized spacial score (nSPS) is 11.8. The minimum Gasteiger partial charge on any atom is -0.328 e. The molecule has 0 saturated carbocycles. The van der Waals surface area contributed by atoms with Crippen molar-refractivity contribution in [2.75, 3.05) is 13.2 Å². The molecule has 0 saturated heterocycles. The first-order valence-electron chi connectivity index (χ1n) is 24.6. The van der Waals surface area contributed by atoms with Gasteiger partial charge in [-0.05, 0) is 12.8 Å². The predicted molar refractivity (Wildman–Crippen MR) is 236 cm³/mol. The maximum absolute atomic E-state index is 10.0. The van der Waals surface area contributed by atoms with E-state index >= 15 is 0 Å². The molecule has 0 unspecified atom stereocenters. The van der Waals surface area contributed by atoms with E-state index in [1.807, 2.05) is 0 Å². The highest BCUT2D eigenvalue weighted by Gasteiger charge is 2.06. The van der Waals surface area contributed by atoms with E-state index in [1.165, 1.54) is 270 Å². The van der Waals surface area contributed by atoms with Gasteiger partial charge in [-0.3, -0.25) is 0 Å². The van der Waals surface area contributed by atoms with E-state index in [0.29, 0.717) is 13.2 Å². The van der Waals surface area contributed by atoms with Crippen LogP contribution in [0.25, 0.3) is 0 Å². The zero-order valence-electron chi connectivity index (χ0n) is 36.2. The average molecular weight is 755 g/mol. The van der Waals surface area contributed by atoms with Crippen molar-refractivity contribution in [3.05, 3.63) is 0 Å². The highest BCUT2D eigenvalue weighted by molar-refractivity contribution is 7.40. The van der Waals surface area contributed by atoms with Gasteiger partial charge in [0.15, 0.2) is 0 Å². The topological polar surface area (TPSA) is 38.7 Å². The molecule has 0 aliphatic rings. The lowest BCUT2D eigenvalue weighted by molar-refractivity contribution is 0.193. The Morgan fingerprint density at radius 3 is 0.519 bits per heavy atom. The smallest absolute Gasteiger partial charge is 0.328 e. The van der Waals surface area contributed by atoms with Crippen LogP contribution in [0.2, 0.25) is 0 Å². The van der Waals surface area contributed by atoms with Crippen molar-refractivity contribution >= 4 is 8.60 Å². The van der Waals surface area contributed by atoms with Gasteiger partial charge in [-0.15, -0.1) is 0 Å². The summed E-state index contributed by atoms with van der Waals surface area (Å²) in [6, 6.07) is 0. The lowest BCUT2D eigenvalue weighted by atomic mass is 10.0. The third kappa shape index (κ3) is 48.3. The van der Waals surface area contributed by atoms with Crippen LogP contribution < -0.4 is 0 Å². The summed E-state index contributed by atoms with van der Waals surface area (Å²) in [5.74, 6) is 0. The molecule has 0 radical (unpaired) electrons. The zero-order valence-corrected chi connectivity index (χ0v) is 37.1. The fourth-order valence-electron chi connectivity index (χ4n) is 7.74. The van der Waals surface area contributed by atoms with Gasteiger partial charge in [-0.25, -0.2) is 0 Å². The van der Waals surface area contributed by atoms with E-state index in [9.17, 15) is 4.89 Å². The van der Waals surface area contributed by atoms with Crippen LogP contribution >= 0.6 is 8.60 Å². The average Bonchev–Trinajstić information content (AvgIpc) is 3.15. The first-order valence-corrected chi connectivity index (χ1v) is 25.7. The van der Waals surface area contributed by atoms with E-state index in [-0.39, 0.29) is 0 Å². The van der Waals surface area contributed by atoms with Gasteiger partial charge < -0.3 is 13.9 Å². The van der Waals surface area contributed by atoms with Crippen molar-refractivity contribution in [3.8, 4) is 0 Å². The molecule has 1 N–H and O–H groups in total. The Morgan fingerprint density at radius 2 is 0.365 bits per heavy atom. The molecule has 0 rings (SSSR count). The lowest BCUT2D eigenvalue weighted by Gasteiger charge is -2.10. The Labute approximate surface area is 331 Å². The molecule has 0 heterocycles. The standard InChI is InChI=1S/C48H99O3P/c1-3-5-7-9-11-13-15-17-19-21-23-25-27-29-31-33-35-37-39-41-43-45-47-50-52(49)51-48-46-44-42-40-38-36-34-32-30-28-26-24-22-20-18-16-14-12-10-8-6-4-2/h49H,3-48H2,1-2H3. The molecule has 4 heteroatoms. The van der Waals surface area contributed by atoms with Crippen molar-refractivity contribution in [1.82, 2.24) is 0 Å². The van der Waals surface area contributed by atoms with Gasteiger partial charge in [0.05, 0.1) is 13.2 Å². The largest absolute Gasteiger partial charge is 0.329 e. The fourth-order valence-corrected chi connectivity index (χ4v) is 8.39. The van der Waals surface area contributed by atoms with Gasteiger partial charge in [0.2, 0.25) is 0 Å². The summed E-state index contributed by atoms with van der Waals surface area (Å²) >= 11 is 0. The Hall–Kier alpha value is 0.310. The third-order valence-corrected chi connectivity index (χ3v) is 12.2. The van der Waals surface area contributed by atoms with Crippen molar-refractivity contribution in [3.63, 3.8) is 0 Å². The van der Waals surface area contributed by atoms with E-state index in [0.717, 1.165) is 12.8 Å². The molecule has 0 spiro atoms. The number of hydrogen-bond donors (Lipinski definition) is 1. The summed E-state index contributed by atoms with van der Waals surface area (Å²) in [4.78, 5) is 10.0. The summed E-state index contributed by atoms with van der Waals surface area (Å²) in [6.45, 7) is 5.88. The molecule has 0 aromatic rings. The van der Waals surface area contributed by atoms with Crippen molar-refractivity contribution in [2.24, 2.45) is 0 Å². The summed E-state index contributed by atoms with van der Waals surface area (Å²) < 4.78 is 11.1. The molecule has 0 fully saturated rings. The zero-order chi connectivity index (χ0) is 37.5. The lowest BCUT2D eigenvalue weighted by Crippen LogP contribution is -1.95. The monoisotopic (exact) mass is 755 g/mol. The van der Waals surface area contributed by atoms with Crippen LogP contribution in [0.4, 0.5) is 0 Å². The first-order chi connectivity index (χ1) is 25.8. The Kier molecular flexibility index (Phi) is 49.6. The van der Waals surface area contributed by atoms with Crippen LogP contribution in [0.15, 0.2) is 0 Å². The predicted octanol–water partition coefficient (Wildman–Crippen LogP) is 18.4. The molecule has 0 atom stereocenters. The molecule has 0 aromatic carbocycles. The van der Waals surface area contributed by atoms with Crippen molar-refractivity contribution < 1.29 is 13.9 Å². The molecule has 0 amide bonds. The number of unbranched alkanes of at least 4 members (excludes halogenated alkanes) is 42. The summed E-state index contributed by atoms with van der Waals surface area (Å²) in [5, 5.41) is 0. The quantitative estimate of drug-likeness (QED) is 0.0497. The van der Waals surface area contributed by atoms with Crippen LogP contribution in [0.5, 0.6) is 0 Å². The molecule has 0 aromatic heterocycles. The van der Waals surface area contributed by atoms with E-state index < -0.39 is 8.60 Å². The Bertz CT molecular complexity index is 552. The summed E-state index contributed by atoms with van der Waals surface area (Å²) in [7, 11) is -1.68. The highest BCUT2D eigenvalue weighted by atomic mass is 31.2. The van der Waals surface area contributed by atoms with Gasteiger partial charge in [-0.1, -0.05) is 284 Å². The Balaban J connectivity index is 3.14. The minimum atomic E-state index is -1.68. The maximum atomic E-state index is 10.0. The van der Waals surface area contributed by atoms with E-state index in [2.05, 4.69) is 13.8 Å². The fraction of sp³-hybridized carbons (Fsp3) is 1.00. The molecule has 0 aliphatic heterocycles. The number of hydrogen-bond acceptors (Lipinski definition) is 3. The van der Waals surface area contributed by atoms with Crippen molar-refractivity contribution in [1.29, 1.82) is 0 Å². The molecule has 3 nitrogen and oxygen atoms in total. The molecular formula is C48H99O3P. The van der Waals surface area contributed by atoms with Gasteiger partial charge in [0, 0.05) is 0 Å². The second-order valence-corrected chi connectivity index (χ2v) is 17.7. The SMILES string of the molecule is CCCCCCCCCCCCCCCCCCCCCCCCOP(O)OCCCCCCCCCCCCCCCCCCCCCCCC. The molecule has 314 valence electrons. The van der Waals surface area contributed by atoms with Crippen molar-refractivity contribution in [2.45, 2.75) is 296 Å². The summed E-state index contributed by atoms with van der Waals surface area (Å²) in [6.07, 6.45) is 61.8. The molecule has 0 aliphatic carbocycles. The van der Waals surface area contributed by atoms with Crippen LogP contribution in [-0.2, 0) is 9.05 Å². The van der Waals surface area contributed by atoms with E-state index in [1.54, 1.807) is 0 Å². The molecule has 52 heavy (non-hydrogen) atoms. The van der Waals surface area contributed by atoms with E-state index in [4.69, 9.17) is 9.05 Å². The molecular weight excluding hydrogens is 655 g/mol. The second kappa shape index (κ2) is 49.3. The highest BCUT2D eigenvalue weighted by Crippen LogP contribution is 2.33. The first kappa shape index (κ1) is 52.3. The Morgan fingerprint density at radius 1 is 0.231 bits per heavy atom. The maximum Gasteiger partial charge on any atom is 0.329 e. The van der Waals surface area contributed by atoms with Gasteiger partial charge in [-0.2, -0.15) is 0 Å². The van der Waals surface area contributed by atoms with Gasteiger partial charge in [0.1, 0.15) is 0 Å². The molecule has 0 bridgehead atoms. The summed E-state index contributed by atoms with van der Waals surface area (Å²) in [5.41, 5.74) is 0. The number of rotatable bonds is 48. The van der Waals surface area contributed by atoms with Crippen LogP contribution in [0.1, 0.15) is 296 Å². The van der Waals surface area contributed by atoms with Crippen LogP contribution in [0.3, 0.4) is 0 Å². The van der Waals surface area contributed by atoms with Crippen LogP contribution in [-0.4, -0.2) is 18.1 Å². The van der Waals surface area contributed by atoms with Gasteiger partial charge >= 0.3 is 8.60 Å². The second-order valence-electron chi connectivity index (χ2n) is 16.8. The third-order valence-electron chi connectivity index (χ3n) is 11.4. The minimum absolute atomic E-state index is 0.640. The van der Waals surface area contributed by atoms with Gasteiger partial charge in [0.25, 0.3) is 0 Å². The van der Waals surface area contributed by atoms with Crippen LogP contribution in [0, 0.1) is 0 Å².